The summed E-state index contributed by atoms with van der Waals surface area (Å²) in [6, 6.07) is 10.7. The van der Waals surface area contributed by atoms with Crippen molar-refractivity contribution in [3.05, 3.63) is 51.2 Å². The Balaban J connectivity index is 1.28. The normalized spacial score (nSPS) is 24.3. The van der Waals surface area contributed by atoms with Crippen LogP contribution >= 0.6 is 22.9 Å². The molecule has 162 valence electrons. The van der Waals surface area contributed by atoms with Crippen LogP contribution in [-0.4, -0.2) is 47.9 Å². The number of nitrogens with zero attached hydrogens (tertiary/aromatic N) is 2. The van der Waals surface area contributed by atoms with Gasteiger partial charge in [0.2, 0.25) is 11.8 Å². The molecular formula is C22H23ClN4O3S. The number of primary amides is 1. The molecule has 1 aliphatic carbocycles. The van der Waals surface area contributed by atoms with E-state index in [0.717, 1.165) is 37.1 Å². The molecule has 1 saturated carbocycles. The maximum atomic E-state index is 13.2. The van der Waals surface area contributed by atoms with Crippen LogP contribution in [0.25, 0.3) is 0 Å². The Labute approximate surface area is 189 Å². The summed E-state index contributed by atoms with van der Waals surface area (Å²) in [5.41, 5.74) is 7.21. The van der Waals surface area contributed by atoms with Gasteiger partial charge < -0.3 is 11.1 Å². The van der Waals surface area contributed by atoms with E-state index in [1.807, 2.05) is 24.3 Å². The smallest absolute Gasteiger partial charge is 0.261 e. The predicted octanol–water partition coefficient (Wildman–Crippen LogP) is 2.49. The lowest BCUT2D eigenvalue weighted by atomic mass is 9.92. The molecule has 2 saturated heterocycles. The first-order chi connectivity index (χ1) is 14.9. The molecule has 3 heterocycles. The first-order valence-corrected chi connectivity index (χ1v) is 11.6. The van der Waals surface area contributed by atoms with E-state index in [-0.39, 0.29) is 35.2 Å². The van der Waals surface area contributed by atoms with E-state index in [4.69, 9.17) is 17.3 Å². The fourth-order valence-electron chi connectivity index (χ4n) is 4.84. The molecule has 0 spiro atoms. The van der Waals surface area contributed by atoms with E-state index < -0.39 is 0 Å². The van der Waals surface area contributed by atoms with Crippen LogP contribution in [0.2, 0.25) is 4.34 Å². The van der Waals surface area contributed by atoms with Gasteiger partial charge in [-0.25, -0.2) is 0 Å². The van der Waals surface area contributed by atoms with Crippen LogP contribution in [0, 0.1) is 0 Å². The molecule has 7 nitrogen and oxygen atoms in total. The van der Waals surface area contributed by atoms with Crippen molar-refractivity contribution >= 4 is 46.3 Å². The van der Waals surface area contributed by atoms with Crippen LogP contribution in [0.4, 0.5) is 5.69 Å². The Hall–Kier alpha value is -2.42. The van der Waals surface area contributed by atoms with Crippen molar-refractivity contribution in [2.45, 2.75) is 43.2 Å². The van der Waals surface area contributed by atoms with Crippen LogP contribution in [-0.2, 0) is 15.0 Å². The summed E-state index contributed by atoms with van der Waals surface area (Å²) in [6.07, 6.45) is 3.03. The van der Waals surface area contributed by atoms with Crippen molar-refractivity contribution < 1.29 is 14.4 Å². The Morgan fingerprint density at radius 2 is 1.94 bits per heavy atom. The molecule has 3 aliphatic rings. The minimum atomic E-state index is -0.358. The molecule has 3 N–H and O–H groups in total. The highest BCUT2D eigenvalue weighted by molar-refractivity contribution is 7.18. The second kappa shape index (κ2) is 7.62. The van der Waals surface area contributed by atoms with Crippen molar-refractivity contribution in [2.24, 2.45) is 5.73 Å². The maximum Gasteiger partial charge on any atom is 0.261 e. The first kappa shape index (κ1) is 20.5. The number of hydrogen-bond acceptors (Lipinski definition) is 5. The van der Waals surface area contributed by atoms with Gasteiger partial charge in [-0.3, -0.25) is 24.2 Å². The number of nitrogens with one attached hydrogen (secondary N) is 1. The summed E-state index contributed by atoms with van der Waals surface area (Å²) in [7, 11) is 0. The molecule has 9 heteroatoms. The molecule has 2 aromatic rings. The largest absolute Gasteiger partial charge is 0.370 e. The highest BCUT2D eigenvalue weighted by Crippen LogP contribution is 2.51. The first-order valence-electron chi connectivity index (χ1n) is 10.4. The van der Waals surface area contributed by atoms with Gasteiger partial charge in [-0.15, -0.1) is 11.3 Å². The summed E-state index contributed by atoms with van der Waals surface area (Å²) in [6.45, 7) is 1.26. The van der Waals surface area contributed by atoms with Crippen LogP contribution in [0.1, 0.15) is 40.9 Å². The van der Waals surface area contributed by atoms with Gasteiger partial charge in [0, 0.05) is 24.1 Å². The second-order valence-electron chi connectivity index (χ2n) is 8.61. The summed E-state index contributed by atoms with van der Waals surface area (Å²) in [5.74, 6) is -0.476. The fraction of sp³-hybridized carbons (Fsp3) is 0.409. The second-order valence-corrected chi connectivity index (χ2v) is 10.3. The Morgan fingerprint density at radius 3 is 2.55 bits per heavy atom. The van der Waals surface area contributed by atoms with E-state index >= 15 is 0 Å². The standard InChI is InChI=1S/C22H23ClN4O3S/c23-17-6-5-16(31-17)20(29)25-15-7-10-26-12-27(21(30)19(15)26)14-3-1-13(2-4-14)22(8-9-22)11-18(24)28/h1-6,15,19H,7-12H2,(H2,24,28)(H,25,29)/t15-,19+/m1/s1. The zero-order valence-corrected chi connectivity index (χ0v) is 18.4. The third-order valence-corrected chi connectivity index (χ3v) is 7.84. The number of rotatable bonds is 6. The number of thiophene rings is 1. The minimum absolute atomic E-state index is 0.00182. The zero-order chi connectivity index (χ0) is 21.8. The average Bonchev–Trinajstić information content (AvgIpc) is 3.06. The molecule has 0 bridgehead atoms. The summed E-state index contributed by atoms with van der Waals surface area (Å²) >= 11 is 7.16. The van der Waals surface area contributed by atoms with Crippen molar-refractivity contribution in [3.63, 3.8) is 0 Å². The van der Waals surface area contributed by atoms with Gasteiger partial charge in [0.15, 0.2) is 0 Å². The fourth-order valence-corrected chi connectivity index (χ4v) is 5.78. The van der Waals surface area contributed by atoms with Gasteiger partial charge in [0.05, 0.1) is 21.9 Å². The molecule has 3 amide bonds. The van der Waals surface area contributed by atoms with Gasteiger partial charge >= 0.3 is 0 Å². The summed E-state index contributed by atoms with van der Waals surface area (Å²) < 4.78 is 0.563. The highest BCUT2D eigenvalue weighted by atomic mass is 35.5. The van der Waals surface area contributed by atoms with Crippen LogP contribution in [0.5, 0.6) is 0 Å². The molecule has 0 unspecified atom stereocenters. The highest BCUT2D eigenvalue weighted by Gasteiger charge is 2.49. The van der Waals surface area contributed by atoms with Crippen molar-refractivity contribution in [3.8, 4) is 0 Å². The molecule has 2 aliphatic heterocycles. The van der Waals surface area contributed by atoms with Crippen molar-refractivity contribution in [1.29, 1.82) is 0 Å². The molecule has 0 radical (unpaired) electrons. The summed E-state index contributed by atoms with van der Waals surface area (Å²) in [5, 5.41) is 3.02. The molecule has 31 heavy (non-hydrogen) atoms. The molecule has 1 aromatic heterocycles. The van der Waals surface area contributed by atoms with E-state index in [1.54, 1.807) is 17.0 Å². The van der Waals surface area contributed by atoms with Crippen molar-refractivity contribution in [2.75, 3.05) is 18.1 Å². The Morgan fingerprint density at radius 1 is 1.19 bits per heavy atom. The van der Waals surface area contributed by atoms with Gasteiger partial charge in [-0.05, 0) is 49.1 Å². The number of carbonyl (C=O) groups excluding carboxylic acids is 3. The summed E-state index contributed by atoms with van der Waals surface area (Å²) in [4.78, 5) is 41.6. The van der Waals surface area contributed by atoms with Crippen LogP contribution in [0.3, 0.4) is 0 Å². The van der Waals surface area contributed by atoms with Gasteiger partial charge in [-0.2, -0.15) is 0 Å². The molecule has 5 rings (SSSR count). The quantitative estimate of drug-likeness (QED) is 0.695. The number of amides is 3. The van der Waals surface area contributed by atoms with Crippen molar-refractivity contribution in [1.82, 2.24) is 10.2 Å². The molecule has 1 aromatic carbocycles. The maximum absolute atomic E-state index is 13.2. The number of carbonyl (C=O) groups is 3. The minimum Gasteiger partial charge on any atom is -0.370 e. The number of halogens is 1. The predicted molar refractivity (Wildman–Crippen MR) is 119 cm³/mol. The monoisotopic (exact) mass is 458 g/mol. The third-order valence-electron chi connectivity index (χ3n) is 6.61. The average molecular weight is 459 g/mol. The van der Waals surface area contributed by atoms with Crippen LogP contribution in [0.15, 0.2) is 36.4 Å². The topological polar surface area (TPSA) is 95.7 Å². The zero-order valence-electron chi connectivity index (χ0n) is 16.8. The lowest BCUT2D eigenvalue weighted by Crippen LogP contribution is -2.46. The number of nitrogens with two attached hydrogens (primary N) is 1. The van der Waals surface area contributed by atoms with Gasteiger partial charge in [0.1, 0.15) is 6.04 Å². The van der Waals surface area contributed by atoms with E-state index in [2.05, 4.69) is 10.2 Å². The van der Waals surface area contributed by atoms with E-state index in [0.29, 0.717) is 22.3 Å². The van der Waals surface area contributed by atoms with E-state index in [1.165, 1.54) is 11.3 Å². The lowest BCUT2D eigenvalue weighted by molar-refractivity contribution is -0.120. The Kier molecular flexibility index (Phi) is 5.03. The SMILES string of the molecule is NC(=O)CC1(c2ccc(N3CN4CC[C@@H](NC(=O)c5ccc(Cl)s5)[C@H]4C3=O)cc2)CC1. The van der Waals surface area contributed by atoms with E-state index in [9.17, 15) is 14.4 Å². The number of anilines is 1. The Bertz CT molecular complexity index is 1050. The molecular weight excluding hydrogens is 436 g/mol. The molecule has 2 atom stereocenters. The number of benzene rings is 1. The van der Waals surface area contributed by atoms with Gasteiger partial charge in [-0.1, -0.05) is 23.7 Å². The molecule has 3 fully saturated rings. The number of fused-ring (bicyclic) bond motifs is 1. The van der Waals surface area contributed by atoms with Gasteiger partial charge in [0.25, 0.3) is 5.91 Å². The lowest BCUT2D eigenvalue weighted by Gasteiger charge is -2.21. The third kappa shape index (κ3) is 3.73. The number of hydrogen-bond donors (Lipinski definition) is 2. The van der Waals surface area contributed by atoms with Crippen LogP contribution < -0.4 is 16.0 Å².